The highest BCUT2D eigenvalue weighted by molar-refractivity contribution is 6.05. The molecule has 0 radical (unpaired) electrons. The van der Waals surface area contributed by atoms with Crippen molar-refractivity contribution in [1.29, 1.82) is 0 Å². The average Bonchev–Trinajstić information content (AvgIpc) is 3.15. The number of aldehydes is 1. The van der Waals surface area contributed by atoms with Gasteiger partial charge in [-0.05, 0) is 18.2 Å². The first-order valence-electron chi connectivity index (χ1n) is 6.21. The quantitative estimate of drug-likeness (QED) is 0.545. The number of aromatic nitrogens is 4. The first kappa shape index (κ1) is 10.9. The molecular formula is C15H10N4O. The molecule has 0 saturated carbocycles. The highest BCUT2D eigenvalue weighted by Crippen LogP contribution is 2.27. The molecule has 0 spiro atoms. The smallest absolute Gasteiger partial charge is 0.166 e. The number of H-pyrrole nitrogens is 2. The summed E-state index contributed by atoms with van der Waals surface area (Å²) >= 11 is 0. The predicted molar refractivity (Wildman–Crippen MR) is 76.6 cm³/mol. The van der Waals surface area contributed by atoms with E-state index >= 15 is 0 Å². The fourth-order valence-corrected chi connectivity index (χ4v) is 2.45. The van der Waals surface area contributed by atoms with Crippen molar-refractivity contribution in [2.24, 2.45) is 0 Å². The highest BCUT2D eigenvalue weighted by Gasteiger charge is 2.07. The van der Waals surface area contributed by atoms with Crippen LogP contribution in [0.5, 0.6) is 0 Å². The summed E-state index contributed by atoms with van der Waals surface area (Å²) in [5.74, 6) is 0. The van der Waals surface area contributed by atoms with Crippen LogP contribution in [0, 0.1) is 0 Å². The minimum absolute atomic E-state index is 0.562. The van der Waals surface area contributed by atoms with Gasteiger partial charge in [-0.3, -0.25) is 14.9 Å². The molecule has 0 fully saturated rings. The summed E-state index contributed by atoms with van der Waals surface area (Å²) in [6, 6.07) is 9.74. The topological polar surface area (TPSA) is 74.4 Å². The minimum atomic E-state index is 0.562. The van der Waals surface area contributed by atoms with Crippen molar-refractivity contribution in [3.8, 4) is 11.3 Å². The zero-order valence-corrected chi connectivity index (χ0v) is 10.4. The van der Waals surface area contributed by atoms with E-state index in [-0.39, 0.29) is 0 Å². The van der Waals surface area contributed by atoms with Crippen LogP contribution in [0.15, 0.2) is 42.7 Å². The van der Waals surface area contributed by atoms with Gasteiger partial charge in [-0.15, -0.1) is 0 Å². The molecule has 2 N–H and O–H groups in total. The summed E-state index contributed by atoms with van der Waals surface area (Å²) in [7, 11) is 0. The van der Waals surface area contributed by atoms with Gasteiger partial charge in [0.05, 0.1) is 22.4 Å². The maximum absolute atomic E-state index is 10.9. The van der Waals surface area contributed by atoms with Gasteiger partial charge in [0.15, 0.2) is 6.29 Å². The number of aromatic amines is 2. The maximum atomic E-state index is 10.9. The number of carbonyl (C=O) groups is 1. The van der Waals surface area contributed by atoms with Crippen LogP contribution in [0.3, 0.4) is 0 Å². The van der Waals surface area contributed by atoms with E-state index in [4.69, 9.17) is 0 Å². The van der Waals surface area contributed by atoms with Crippen molar-refractivity contribution in [2.45, 2.75) is 0 Å². The lowest BCUT2D eigenvalue weighted by atomic mass is 10.1. The highest BCUT2D eigenvalue weighted by atomic mass is 16.1. The Bertz CT molecular complexity index is 922. The summed E-state index contributed by atoms with van der Waals surface area (Å²) in [4.78, 5) is 18.4. The van der Waals surface area contributed by atoms with Crippen LogP contribution in [-0.2, 0) is 0 Å². The van der Waals surface area contributed by atoms with Crippen LogP contribution < -0.4 is 0 Å². The Balaban J connectivity index is 2.00. The molecule has 1 aromatic carbocycles. The van der Waals surface area contributed by atoms with Gasteiger partial charge >= 0.3 is 0 Å². The third-order valence-corrected chi connectivity index (χ3v) is 3.42. The van der Waals surface area contributed by atoms with Gasteiger partial charge in [0.25, 0.3) is 0 Å². The van der Waals surface area contributed by atoms with Gasteiger partial charge < -0.3 is 4.98 Å². The molecule has 0 amide bonds. The summed E-state index contributed by atoms with van der Waals surface area (Å²) < 4.78 is 0. The molecule has 0 atom stereocenters. The molecule has 0 aliphatic carbocycles. The number of hydrogen-bond acceptors (Lipinski definition) is 3. The van der Waals surface area contributed by atoms with E-state index in [9.17, 15) is 4.79 Å². The van der Waals surface area contributed by atoms with E-state index in [0.29, 0.717) is 5.69 Å². The molecule has 3 heterocycles. The van der Waals surface area contributed by atoms with E-state index in [2.05, 4.69) is 20.2 Å². The van der Waals surface area contributed by atoms with Crippen molar-refractivity contribution in [3.05, 3.63) is 48.4 Å². The number of benzene rings is 1. The summed E-state index contributed by atoms with van der Waals surface area (Å²) in [6.45, 7) is 0. The van der Waals surface area contributed by atoms with Gasteiger partial charge in [-0.2, -0.15) is 5.10 Å². The lowest BCUT2D eigenvalue weighted by Gasteiger charge is -2.02. The lowest BCUT2D eigenvalue weighted by molar-refractivity contribution is 0.112. The van der Waals surface area contributed by atoms with E-state index < -0.39 is 0 Å². The minimum Gasteiger partial charge on any atom is -0.352 e. The predicted octanol–water partition coefficient (Wildman–Crippen LogP) is 2.92. The van der Waals surface area contributed by atoms with Gasteiger partial charge in [0.1, 0.15) is 0 Å². The van der Waals surface area contributed by atoms with Gasteiger partial charge in [-0.1, -0.05) is 12.1 Å². The third kappa shape index (κ3) is 1.53. The number of pyridine rings is 1. The normalized spacial score (nSPS) is 11.2. The van der Waals surface area contributed by atoms with E-state index in [0.717, 1.165) is 39.3 Å². The molecule has 0 bridgehead atoms. The Morgan fingerprint density at radius 2 is 2.10 bits per heavy atom. The first-order valence-corrected chi connectivity index (χ1v) is 6.21. The van der Waals surface area contributed by atoms with Gasteiger partial charge in [0.2, 0.25) is 0 Å². The lowest BCUT2D eigenvalue weighted by Crippen LogP contribution is -1.84. The van der Waals surface area contributed by atoms with Crippen LogP contribution >= 0.6 is 0 Å². The van der Waals surface area contributed by atoms with Crippen molar-refractivity contribution in [2.75, 3.05) is 0 Å². The Hall–Kier alpha value is -2.95. The third-order valence-electron chi connectivity index (χ3n) is 3.42. The second kappa shape index (κ2) is 4.03. The summed E-state index contributed by atoms with van der Waals surface area (Å²) in [5, 5.41) is 8.83. The summed E-state index contributed by atoms with van der Waals surface area (Å²) in [6.07, 6.45) is 4.31. The second-order valence-electron chi connectivity index (χ2n) is 4.63. The zero-order valence-electron chi connectivity index (χ0n) is 10.4. The Kier molecular flexibility index (Phi) is 2.20. The fraction of sp³-hybridized carbons (Fsp3) is 0. The zero-order chi connectivity index (χ0) is 13.5. The molecule has 4 rings (SSSR count). The molecule has 0 aliphatic heterocycles. The molecule has 20 heavy (non-hydrogen) atoms. The molecular weight excluding hydrogens is 252 g/mol. The molecule has 4 aromatic rings. The Morgan fingerprint density at radius 1 is 1.15 bits per heavy atom. The monoisotopic (exact) mass is 262 g/mol. The maximum Gasteiger partial charge on any atom is 0.166 e. The molecule has 0 unspecified atom stereocenters. The molecule has 0 aliphatic rings. The van der Waals surface area contributed by atoms with Crippen LogP contribution in [0.25, 0.3) is 33.1 Å². The average molecular weight is 262 g/mol. The van der Waals surface area contributed by atoms with Crippen molar-refractivity contribution >= 4 is 28.1 Å². The number of nitrogens with one attached hydrogen (secondary N) is 2. The number of hydrogen-bond donors (Lipinski definition) is 2. The van der Waals surface area contributed by atoms with Crippen molar-refractivity contribution in [3.63, 3.8) is 0 Å². The molecule has 5 heteroatoms. The van der Waals surface area contributed by atoms with Crippen LogP contribution in [0.4, 0.5) is 0 Å². The van der Waals surface area contributed by atoms with Crippen LogP contribution in [-0.4, -0.2) is 26.5 Å². The standard InChI is InChI=1S/C15H10N4O/c20-8-11-5-10-7-16-14-6-9(13-3-4-17-19-13)1-2-12(14)15(10)18-11/h1-8,18H,(H,17,19). The molecule has 5 nitrogen and oxygen atoms in total. The van der Waals surface area contributed by atoms with Crippen LogP contribution in [0.1, 0.15) is 10.5 Å². The van der Waals surface area contributed by atoms with Crippen molar-refractivity contribution < 1.29 is 4.79 Å². The van der Waals surface area contributed by atoms with E-state index in [1.54, 1.807) is 18.5 Å². The largest absolute Gasteiger partial charge is 0.352 e. The number of nitrogens with zero attached hydrogens (tertiary/aromatic N) is 2. The number of rotatable bonds is 2. The number of fused-ring (bicyclic) bond motifs is 3. The number of carbonyl (C=O) groups excluding carboxylic acids is 1. The second-order valence-corrected chi connectivity index (χ2v) is 4.63. The van der Waals surface area contributed by atoms with Gasteiger partial charge in [-0.25, -0.2) is 0 Å². The Morgan fingerprint density at radius 3 is 2.90 bits per heavy atom. The SMILES string of the molecule is O=Cc1cc2cnc3cc(-c4ccn[nH]4)ccc3c2[nH]1. The summed E-state index contributed by atoms with van der Waals surface area (Å²) in [5.41, 5.74) is 4.36. The van der Waals surface area contributed by atoms with Gasteiger partial charge in [0, 0.05) is 28.7 Å². The molecule has 96 valence electrons. The van der Waals surface area contributed by atoms with E-state index in [1.165, 1.54) is 0 Å². The Labute approximate surface area is 113 Å². The van der Waals surface area contributed by atoms with Crippen LogP contribution in [0.2, 0.25) is 0 Å². The molecule has 0 saturated heterocycles. The van der Waals surface area contributed by atoms with E-state index in [1.807, 2.05) is 24.3 Å². The fourth-order valence-electron chi connectivity index (χ4n) is 2.45. The molecule has 3 aromatic heterocycles. The first-order chi connectivity index (χ1) is 9.85. The van der Waals surface area contributed by atoms with Crippen molar-refractivity contribution in [1.82, 2.24) is 20.2 Å².